The number of carbonyl (C=O) groups excluding carboxylic acids is 1. The lowest BCUT2D eigenvalue weighted by atomic mass is 10.0. The van der Waals surface area contributed by atoms with Crippen LogP contribution in [0.25, 0.3) is 0 Å². The van der Waals surface area contributed by atoms with E-state index in [1.807, 2.05) is 6.07 Å². The van der Waals surface area contributed by atoms with Crippen LogP contribution in [0.5, 0.6) is 0 Å². The summed E-state index contributed by atoms with van der Waals surface area (Å²) < 4.78 is 0.904. The number of aryl methyl sites for hydroxylation is 1. The second kappa shape index (κ2) is 3.73. The van der Waals surface area contributed by atoms with Gasteiger partial charge >= 0.3 is 0 Å². The largest absolute Gasteiger partial charge is 0.374 e. The molecule has 0 radical (unpaired) electrons. The lowest BCUT2D eigenvalue weighted by molar-refractivity contribution is 0.112. The summed E-state index contributed by atoms with van der Waals surface area (Å²) in [6.07, 6.45) is 3.20. The molecule has 74 valence electrons. The van der Waals surface area contributed by atoms with E-state index in [4.69, 9.17) is 0 Å². The van der Waals surface area contributed by atoms with Crippen molar-refractivity contribution in [2.75, 3.05) is 18.5 Å². The number of anilines is 1. The van der Waals surface area contributed by atoms with Crippen LogP contribution in [0.2, 0.25) is 0 Å². The van der Waals surface area contributed by atoms with E-state index in [1.54, 1.807) is 0 Å². The number of aldehydes is 1. The maximum absolute atomic E-state index is 10.8. The van der Waals surface area contributed by atoms with E-state index in [0.29, 0.717) is 0 Å². The first-order chi connectivity index (χ1) is 6.72. The smallest absolute Gasteiger partial charge is 0.151 e. The Hall–Kier alpha value is -0.830. The van der Waals surface area contributed by atoms with Gasteiger partial charge in [0.15, 0.2) is 6.29 Å². The Labute approximate surface area is 92.0 Å². The summed E-state index contributed by atoms with van der Waals surface area (Å²) in [5.74, 6) is 0. The minimum atomic E-state index is 0.734. The third-order valence-corrected chi connectivity index (χ3v) is 3.36. The van der Waals surface area contributed by atoms with Gasteiger partial charge in [-0.25, -0.2) is 0 Å². The molecule has 0 aliphatic carbocycles. The summed E-state index contributed by atoms with van der Waals surface area (Å²) >= 11 is 3.41. The Morgan fingerprint density at radius 1 is 1.50 bits per heavy atom. The van der Waals surface area contributed by atoms with E-state index < -0.39 is 0 Å². The molecular formula is C11H12BrNO. The van der Waals surface area contributed by atoms with Crippen molar-refractivity contribution in [1.29, 1.82) is 0 Å². The van der Waals surface area contributed by atoms with Crippen LogP contribution in [0, 0.1) is 0 Å². The van der Waals surface area contributed by atoms with Crippen LogP contribution in [-0.2, 0) is 6.42 Å². The Morgan fingerprint density at radius 3 is 3.00 bits per heavy atom. The molecule has 0 spiro atoms. The Bertz CT molecular complexity index is 376. The van der Waals surface area contributed by atoms with E-state index in [9.17, 15) is 4.79 Å². The molecule has 0 N–H and O–H groups in total. The fraction of sp³-hybridized carbons (Fsp3) is 0.364. The first kappa shape index (κ1) is 9.71. The molecule has 0 saturated heterocycles. The number of carbonyl (C=O) groups is 1. The molecule has 2 rings (SSSR count). The number of rotatable bonds is 1. The van der Waals surface area contributed by atoms with Crippen molar-refractivity contribution in [2.24, 2.45) is 0 Å². The summed E-state index contributed by atoms with van der Waals surface area (Å²) in [5.41, 5.74) is 3.26. The lowest BCUT2D eigenvalue weighted by Gasteiger charge is -2.28. The summed E-state index contributed by atoms with van der Waals surface area (Å²) in [7, 11) is 2.07. The molecule has 0 aromatic heterocycles. The molecule has 1 aliphatic rings. The quantitative estimate of drug-likeness (QED) is 0.718. The van der Waals surface area contributed by atoms with Gasteiger partial charge in [0.25, 0.3) is 0 Å². The number of nitrogens with zero attached hydrogens (tertiary/aromatic N) is 1. The van der Waals surface area contributed by atoms with Crippen molar-refractivity contribution in [3.63, 3.8) is 0 Å². The fourth-order valence-electron chi connectivity index (χ4n) is 1.89. The molecule has 1 heterocycles. The second-order valence-electron chi connectivity index (χ2n) is 3.65. The molecule has 2 nitrogen and oxygen atoms in total. The van der Waals surface area contributed by atoms with E-state index in [0.717, 1.165) is 29.3 Å². The van der Waals surface area contributed by atoms with Gasteiger partial charge in [-0.15, -0.1) is 0 Å². The number of hydrogen-bond donors (Lipinski definition) is 0. The highest BCUT2D eigenvalue weighted by molar-refractivity contribution is 9.10. The van der Waals surface area contributed by atoms with E-state index in [2.05, 4.69) is 33.9 Å². The molecule has 1 aromatic carbocycles. The number of hydrogen-bond acceptors (Lipinski definition) is 2. The zero-order valence-electron chi connectivity index (χ0n) is 8.09. The molecule has 0 saturated carbocycles. The average molecular weight is 254 g/mol. The molecule has 0 amide bonds. The fourth-order valence-corrected chi connectivity index (χ4v) is 2.38. The van der Waals surface area contributed by atoms with Gasteiger partial charge in [-0.3, -0.25) is 4.79 Å². The van der Waals surface area contributed by atoms with Gasteiger partial charge in [0.05, 0.1) is 0 Å². The maximum Gasteiger partial charge on any atom is 0.151 e. The van der Waals surface area contributed by atoms with Gasteiger partial charge in [-0.2, -0.15) is 0 Å². The summed E-state index contributed by atoms with van der Waals surface area (Å²) in [4.78, 5) is 13.0. The monoisotopic (exact) mass is 253 g/mol. The minimum Gasteiger partial charge on any atom is -0.374 e. The first-order valence-electron chi connectivity index (χ1n) is 4.71. The van der Waals surface area contributed by atoms with E-state index >= 15 is 0 Å². The third-order valence-electron chi connectivity index (χ3n) is 2.68. The van der Waals surface area contributed by atoms with Crippen LogP contribution < -0.4 is 4.90 Å². The Kier molecular flexibility index (Phi) is 2.59. The normalized spacial score (nSPS) is 15.1. The van der Waals surface area contributed by atoms with E-state index in [-0.39, 0.29) is 0 Å². The number of benzene rings is 1. The first-order valence-corrected chi connectivity index (χ1v) is 5.50. The highest BCUT2D eigenvalue weighted by atomic mass is 79.9. The average Bonchev–Trinajstić information content (AvgIpc) is 2.17. The van der Waals surface area contributed by atoms with Gasteiger partial charge in [0.2, 0.25) is 0 Å². The molecule has 0 fully saturated rings. The molecule has 3 heteroatoms. The van der Waals surface area contributed by atoms with Crippen LogP contribution >= 0.6 is 15.9 Å². The third kappa shape index (κ3) is 1.57. The van der Waals surface area contributed by atoms with Gasteiger partial charge in [-0.05, 0) is 30.5 Å². The number of fused-ring (bicyclic) bond motifs is 1. The van der Waals surface area contributed by atoms with Crippen molar-refractivity contribution in [3.8, 4) is 0 Å². The van der Waals surface area contributed by atoms with Crippen molar-refractivity contribution in [1.82, 2.24) is 0 Å². The number of halogens is 1. The van der Waals surface area contributed by atoms with Crippen LogP contribution in [0.4, 0.5) is 5.69 Å². The topological polar surface area (TPSA) is 20.3 Å². The van der Waals surface area contributed by atoms with Crippen molar-refractivity contribution < 1.29 is 4.79 Å². The molecule has 14 heavy (non-hydrogen) atoms. The standard InChI is InChI=1S/C11H12BrNO/c1-13-4-2-3-8-5-10(12)9(7-14)6-11(8)13/h5-7H,2-4H2,1H3. The van der Waals surface area contributed by atoms with Gasteiger partial charge < -0.3 is 4.90 Å². The highest BCUT2D eigenvalue weighted by Gasteiger charge is 2.15. The zero-order valence-corrected chi connectivity index (χ0v) is 9.67. The van der Waals surface area contributed by atoms with Gasteiger partial charge in [0, 0.05) is 29.3 Å². The Morgan fingerprint density at radius 2 is 2.29 bits per heavy atom. The predicted molar refractivity (Wildman–Crippen MR) is 61.1 cm³/mol. The van der Waals surface area contributed by atoms with Crippen LogP contribution in [0.15, 0.2) is 16.6 Å². The highest BCUT2D eigenvalue weighted by Crippen LogP contribution is 2.30. The van der Waals surface area contributed by atoms with Crippen LogP contribution in [0.3, 0.4) is 0 Å². The van der Waals surface area contributed by atoms with Crippen molar-refractivity contribution in [2.45, 2.75) is 12.8 Å². The predicted octanol–water partition coefficient (Wildman–Crippen LogP) is 2.64. The van der Waals surface area contributed by atoms with Crippen molar-refractivity contribution >= 4 is 27.9 Å². The molecule has 1 aliphatic heterocycles. The molecule has 0 unspecified atom stereocenters. The van der Waals surface area contributed by atoms with Crippen LogP contribution in [0.1, 0.15) is 22.3 Å². The molecular weight excluding hydrogens is 242 g/mol. The zero-order chi connectivity index (χ0) is 10.1. The molecule has 0 atom stereocenters. The summed E-state index contributed by atoms with van der Waals surface area (Å²) in [6, 6.07) is 4.03. The minimum absolute atomic E-state index is 0.734. The van der Waals surface area contributed by atoms with Gasteiger partial charge in [0.1, 0.15) is 0 Å². The lowest BCUT2D eigenvalue weighted by Crippen LogP contribution is -2.24. The maximum atomic E-state index is 10.8. The Balaban J connectivity index is 2.54. The second-order valence-corrected chi connectivity index (χ2v) is 4.50. The molecule has 1 aromatic rings. The van der Waals surface area contributed by atoms with E-state index in [1.165, 1.54) is 17.7 Å². The van der Waals surface area contributed by atoms with Gasteiger partial charge in [-0.1, -0.05) is 15.9 Å². The molecule has 0 bridgehead atoms. The SMILES string of the molecule is CN1CCCc2cc(Br)c(C=O)cc21. The summed E-state index contributed by atoms with van der Waals surface area (Å²) in [6.45, 7) is 1.08. The van der Waals surface area contributed by atoms with Crippen LogP contribution in [-0.4, -0.2) is 19.9 Å². The van der Waals surface area contributed by atoms with Crippen molar-refractivity contribution in [3.05, 3.63) is 27.7 Å². The summed E-state index contributed by atoms with van der Waals surface area (Å²) in [5, 5.41) is 0.